The first-order valence-electron chi connectivity index (χ1n) is 5.70. The second-order valence-electron chi connectivity index (χ2n) is 4.36. The van der Waals surface area contributed by atoms with Gasteiger partial charge < -0.3 is 5.11 Å². The number of hydrogen-bond donors (Lipinski definition) is 1. The Bertz CT molecular complexity index is 533. The number of carboxylic acid groups (broad SMARTS) is 1. The lowest BCUT2D eigenvalue weighted by Gasteiger charge is -2.11. The number of rotatable bonds is 2. The van der Waals surface area contributed by atoms with Crippen LogP contribution >= 0.6 is 11.3 Å². The highest BCUT2D eigenvalue weighted by molar-refractivity contribution is 7.18. The van der Waals surface area contributed by atoms with Crippen molar-refractivity contribution in [2.24, 2.45) is 5.92 Å². The van der Waals surface area contributed by atoms with Gasteiger partial charge in [-0.15, -0.1) is 0 Å². The highest BCUT2D eigenvalue weighted by atomic mass is 32.1. The molecule has 1 saturated carbocycles. The van der Waals surface area contributed by atoms with Crippen molar-refractivity contribution in [1.29, 1.82) is 0 Å². The molecular formula is C12H12N2O2S. The van der Waals surface area contributed by atoms with Gasteiger partial charge in [-0.1, -0.05) is 17.8 Å². The van der Waals surface area contributed by atoms with Crippen LogP contribution < -0.4 is 0 Å². The van der Waals surface area contributed by atoms with Crippen molar-refractivity contribution in [3.8, 4) is 0 Å². The van der Waals surface area contributed by atoms with Crippen LogP contribution in [0.25, 0.3) is 10.3 Å². The SMILES string of the molecule is O=C(O)C1CCCC1c1nc2cccnc2s1. The molecule has 4 nitrogen and oxygen atoms in total. The minimum absolute atomic E-state index is 0.0756. The van der Waals surface area contributed by atoms with E-state index in [0.717, 1.165) is 34.6 Å². The van der Waals surface area contributed by atoms with E-state index in [4.69, 9.17) is 0 Å². The Hall–Kier alpha value is -1.49. The van der Waals surface area contributed by atoms with E-state index in [1.165, 1.54) is 11.3 Å². The van der Waals surface area contributed by atoms with Gasteiger partial charge in [-0.3, -0.25) is 4.79 Å². The minimum Gasteiger partial charge on any atom is -0.481 e. The number of pyridine rings is 1. The van der Waals surface area contributed by atoms with Gasteiger partial charge in [0.05, 0.1) is 10.9 Å². The molecule has 0 saturated heterocycles. The van der Waals surface area contributed by atoms with Gasteiger partial charge in [0.25, 0.3) is 0 Å². The molecule has 2 aromatic rings. The van der Waals surface area contributed by atoms with Crippen LogP contribution in [0, 0.1) is 5.92 Å². The van der Waals surface area contributed by atoms with Gasteiger partial charge in [0, 0.05) is 12.1 Å². The van der Waals surface area contributed by atoms with E-state index in [1.54, 1.807) is 6.20 Å². The maximum absolute atomic E-state index is 11.2. The van der Waals surface area contributed by atoms with Gasteiger partial charge in [0.15, 0.2) is 0 Å². The smallest absolute Gasteiger partial charge is 0.307 e. The first-order chi connectivity index (χ1) is 8.25. The Morgan fingerprint density at radius 3 is 3.12 bits per heavy atom. The summed E-state index contributed by atoms with van der Waals surface area (Å²) in [5.74, 6) is -0.887. The average Bonchev–Trinajstić information content (AvgIpc) is 2.95. The summed E-state index contributed by atoms with van der Waals surface area (Å²) in [6.07, 6.45) is 4.42. The third-order valence-corrected chi connectivity index (χ3v) is 4.44. The molecule has 2 heterocycles. The molecule has 2 atom stereocenters. The van der Waals surface area contributed by atoms with E-state index >= 15 is 0 Å². The molecule has 88 valence electrons. The molecule has 0 radical (unpaired) electrons. The van der Waals surface area contributed by atoms with Gasteiger partial charge in [0.2, 0.25) is 0 Å². The second kappa shape index (κ2) is 4.07. The Balaban J connectivity index is 2.00. The highest BCUT2D eigenvalue weighted by Crippen LogP contribution is 2.41. The van der Waals surface area contributed by atoms with E-state index in [0.29, 0.717) is 0 Å². The number of fused-ring (bicyclic) bond motifs is 1. The van der Waals surface area contributed by atoms with Crippen molar-refractivity contribution in [2.45, 2.75) is 25.2 Å². The Morgan fingerprint density at radius 1 is 1.47 bits per heavy atom. The molecule has 2 unspecified atom stereocenters. The first-order valence-corrected chi connectivity index (χ1v) is 6.51. The molecule has 1 fully saturated rings. The molecular weight excluding hydrogens is 236 g/mol. The average molecular weight is 248 g/mol. The molecule has 1 N–H and O–H groups in total. The van der Waals surface area contributed by atoms with E-state index in [2.05, 4.69) is 9.97 Å². The molecule has 0 bridgehead atoms. The number of nitrogens with zero attached hydrogens (tertiary/aromatic N) is 2. The van der Waals surface area contributed by atoms with Crippen molar-refractivity contribution >= 4 is 27.7 Å². The third-order valence-electron chi connectivity index (χ3n) is 3.33. The predicted octanol–water partition coefficient (Wildman–Crippen LogP) is 2.66. The van der Waals surface area contributed by atoms with Crippen LogP contribution in [-0.2, 0) is 4.79 Å². The van der Waals surface area contributed by atoms with E-state index in [-0.39, 0.29) is 11.8 Å². The number of thiazole rings is 1. The maximum atomic E-state index is 11.2. The Labute approximate surface area is 102 Å². The van der Waals surface area contributed by atoms with Crippen molar-refractivity contribution in [3.05, 3.63) is 23.3 Å². The number of aromatic nitrogens is 2. The van der Waals surface area contributed by atoms with Crippen molar-refractivity contribution in [3.63, 3.8) is 0 Å². The summed E-state index contributed by atoms with van der Waals surface area (Å²) in [6.45, 7) is 0. The number of aliphatic carboxylic acids is 1. The largest absolute Gasteiger partial charge is 0.481 e. The zero-order valence-corrected chi connectivity index (χ0v) is 9.98. The maximum Gasteiger partial charge on any atom is 0.307 e. The fourth-order valence-electron chi connectivity index (χ4n) is 2.50. The fourth-order valence-corrected chi connectivity index (χ4v) is 3.60. The molecule has 1 aliphatic rings. The summed E-state index contributed by atoms with van der Waals surface area (Å²) in [4.78, 5) is 20.8. The van der Waals surface area contributed by atoms with Gasteiger partial charge in [0.1, 0.15) is 10.3 Å². The van der Waals surface area contributed by atoms with Crippen molar-refractivity contribution < 1.29 is 9.90 Å². The standard InChI is InChI=1S/C12H12N2O2S/c15-12(16)8-4-1-3-7(8)10-14-9-5-2-6-13-11(9)17-10/h2,5-8H,1,3-4H2,(H,15,16). The molecule has 5 heteroatoms. The summed E-state index contributed by atoms with van der Waals surface area (Å²) in [5.41, 5.74) is 0.878. The molecule has 0 spiro atoms. The third kappa shape index (κ3) is 1.80. The van der Waals surface area contributed by atoms with Crippen LogP contribution in [0.5, 0.6) is 0 Å². The van der Waals surface area contributed by atoms with Crippen LogP contribution in [0.15, 0.2) is 18.3 Å². The van der Waals surface area contributed by atoms with Gasteiger partial charge in [-0.05, 0) is 25.0 Å². The van der Waals surface area contributed by atoms with Crippen LogP contribution in [0.4, 0.5) is 0 Å². The van der Waals surface area contributed by atoms with Crippen LogP contribution in [0.2, 0.25) is 0 Å². The molecule has 2 aromatic heterocycles. The molecule has 1 aliphatic carbocycles. The zero-order chi connectivity index (χ0) is 11.8. The molecule has 0 amide bonds. The van der Waals surface area contributed by atoms with E-state index in [1.807, 2.05) is 12.1 Å². The summed E-state index contributed by atoms with van der Waals surface area (Å²) < 4.78 is 0. The normalized spacial score (nSPS) is 24.2. The van der Waals surface area contributed by atoms with Crippen LogP contribution in [-0.4, -0.2) is 21.0 Å². The molecule has 17 heavy (non-hydrogen) atoms. The lowest BCUT2D eigenvalue weighted by atomic mass is 9.97. The fraction of sp³-hybridized carbons (Fsp3) is 0.417. The zero-order valence-electron chi connectivity index (χ0n) is 9.17. The molecule has 0 aliphatic heterocycles. The summed E-state index contributed by atoms with van der Waals surface area (Å²) in [5, 5.41) is 10.1. The van der Waals surface area contributed by atoms with Gasteiger partial charge in [-0.2, -0.15) is 0 Å². The van der Waals surface area contributed by atoms with E-state index in [9.17, 15) is 9.90 Å². The highest BCUT2D eigenvalue weighted by Gasteiger charge is 2.35. The summed E-state index contributed by atoms with van der Waals surface area (Å²) in [6, 6.07) is 3.78. The molecule has 0 aromatic carbocycles. The van der Waals surface area contributed by atoms with E-state index < -0.39 is 5.97 Å². The van der Waals surface area contributed by atoms with Crippen molar-refractivity contribution in [2.75, 3.05) is 0 Å². The summed E-state index contributed by atoms with van der Waals surface area (Å²) >= 11 is 1.53. The Morgan fingerprint density at radius 2 is 2.35 bits per heavy atom. The summed E-state index contributed by atoms with van der Waals surface area (Å²) in [7, 11) is 0. The van der Waals surface area contributed by atoms with Gasteiger partial charge in [-0.25, -0.2) is 9.97 Å². The van der Waals surface area contributed by atoms with Crippen molar-refractivity contribution in [1.82, 2.24) is 9.97 Å². The van der Waals surface area contributed by atoms with Crippen LogP contribution in [0.3, 0.4) is 0 Å². The number of carboxylic acids is 1. The molecule has 3 rings (SSSR count). The Kier molecular flexibility index (Phi) is 2.55. The monoisotopic (exact) mass is 248 g/mol. The lowest BCUT2D eigenvalue weighted by Crippen LogP contribution is -2.16. The minimum atomic E-state index is -0.695. The number of carbonyl (C=O) groups is 1. The quantitative estimate of drug-likeness (QED) is 0.887. The van der Waals surface area contributed by atoms with Gasteiger partial charge >= 0.3 is 5.97 Å². The number of hydrogen-bond acceptors (Lipinski definition) is 4. The second-order valence-corrected chi connectivity index (χ2v) is 5.37. The van der Waals surface area contributed by atoms with Crippen LogP contribution in [0.1, 0.15) is 30.2 Å². The first kappa shape index (κ1) is 10.7. The lowest BCUT2D eigenvalue weighted by molar-refractivity contribution is -0.142. The predicted molar refractivity (Wildman–Crippen MR) is 65.1 cm³/mol. The topological polar surface area (TPSA) is 63.1 Å².